The van der Waals surface area contributed by atoms with Crippen LogP contribution in [0.4, 0.5) is 0 Å². The van der Waals surface area contributed by atoms with Crippen molar-refractivity contribution in [3.63, 3.8) is 0 Å². The number of rotatable bonds is 7. The van der Waals surface area contributed by atoms with E-state index in [0.29, 0.717) is 6.04 Å². The van der Waals surface area contributed by atoms with E-state index in [1.807, 2.05) is 0 Å². The van der Waals surface area contributed by atoms with Crippen LogP contribution in [0.5, 0.6) is 0 Å². The van der Waals surface area contributed by atoms with E-state index in [1.165, 1.54) is 32.4 Å². The lowest BCUT2D eigenvalue weighted by atomic mass is 10.0. The fraction of sp³-hybridized carbons (Fsp3) is 0.857. The quantitative estimate of drug-likeness (QED) is 0.528. The number of nitrogens with zero attached hydrogens (tertiary/aromatic N) is 1. The van der Waals surface area contributed by atoms with E-state index in [2.05, 4.69) is 37.9 Å². The van der Waals surface area contributed by atoms with E-state index in [1.54, 1.807) is 11.1 Å². The van der Waals surface area contributed by atoms with E-state index >= 15 is 0 Å². The minimum absolute atomic E-state index is 0.667. The Labute approximate surface area is 101 Å². The monoisotopic (exact) mass is 224 g/mol. The van der Waals surface area contributed by atoms with Gasteiger partial charge in [0.25, 0.3) is 0 Å². The summed E-state index contributed by atoms with van der Waals surface area (Å²) >= 11 is 0. The first kappa shape index (κ1) is 13.7. The maximum Gasteiger partial charge on any atom is 0.0196 e. The topological polar surface area (TPSA) is 15.3 Å². The molecule has 1 fully saturated rings. The first-order valence-electron chi connectivity index (χ1n) is 6.77. The Hall–Kier alpha value is -0.340. The van der Waals surface area contributed by atoms with Gasteiger partial charge in [-0.2, -0.15) is 0 Å². The largest absolute Gasteiger partial charge is 0.309 e. The molecular formula is C14H28N2. The maximum absolute atomic E-state index is 3.32. The summed E-state index contributed by atoms with van der Waals surface area (Å²) in [5.74, 6) is 0. The molecule has 1 heterocycles. The van der Waals surface area contributed by atoms with E-state index in [0.717, 1.165) is 13.1 Å². The fourth-order valence-electron chi connectivity index (χ4n) is 2.05. The molecule has 94 valence electrons. The van der Waals surface area contributed by atoms with Crippen molar-refractivity contribution in [2.45, 2.75) is 53.0 Å². The smallest absolute Gasteiger partial charge is 0.0196 e. The molecule has 0 radical (unpaired) electrons. The molecule has 0 saturated carbocycles. The summed E-state index contributed by atoms with van der Waals surface area (Å²) in [5, 5.41) is 3.32. The minimum Gasteiger partial charge on any atom is -0.309 e. The third kappa shape index (κ3) is 4.26. The molecule has 1 N–H and O–H groups in total. The molecule has 1 saturated heterocycles. The highest BCUT2D eigenvalue weighted by Crippen LogP contribution is 2.13. The van der Waals surface area contributed by atoms with Gasteiger partial charge in [-0.25, -0.2) is 0 Å². The Balaban J connectivity index is 2.38. The summed E-state index contributed by atoms with van der Waals surface area (Å²) in [6.45, 7) is 13.8. The molecule has 0 unspecified atom stereocenters. The molecule has 0 aromatic heterocycles. The van der Waals surface area contributed by atoms with Crippen LogP contribution in [0.1, 0.15) is 47.0 Å². The summed E-state index contributed by atoms with van der Waals surface area (Å²) in [6, 6.07) is 0.667. The molecule has 16 heavy (non-hydrogen) atoms. The zero-order valence-electron chi connectivity index (χ0n) is 11.5. The molecule has 1 rings (SSSR count). The number of hydrogen-bond acceptors (Lipinski definition) is 2. The average Bonchev–Trinajstić information content (AvgIpc) is 2.13. The standard InChI is InChI=1S/C14H28N2/c1-5-6-7-8-16(12(2)3)11-13(4)14-9-15-10-14/h12,15H,5-11H2,1-4H3. The van der Waals surface area contributed by atoms with Gasteiger partial charge < -0.3 is 5.32 Å². The van der Waals surface area contributed by atoms with Gasteiger partial charge in [-0.1, -0.05) is 25.3 Å². The van der Waals surface area contributed by atoms with E-state index in [4.69, 9.17) is 0 Å². The summed E-state index contributed by atoms with van der Waals surface area (Å²) in [6.07, 6.45) is 4.02. The lowest BCUT2D eigenvalue weighted by Crippen LogP contribution is -2.38. The highest BCUT2D eigenvalue weighted by atomic mass is 15.1. The van der Waals surface area contributed by atoms with Crippen LogP contribution in [0.25, 0.3) is 0 Å². The fourth-order valence-corrected chi connectivity index (χ4v) is 2.05. The van der Waals surface area contributed by atoms with E-state index < -0.39 is 0 Å². The van der Waals surface area contributed by atoms with Gasteiger partial charge in [0.05, 0.1) is 0 Å². The van der Waals surface area contributed by atoms with Crippen molar-refractivity contribution >= 4 is 0 Å². The summed E-state index contributed by atoms with van der Waals surface area (Å²) < 4.78 is 0. The van der Waals surface area contributed by atoms with Crippen molar-refractivity contribution in [1.29, 1.82) is 0 Å². The number of hydrogen-bond donors (Lipinski definition) is 1. The van der Waals surface area contributed by atoms with Crippen molar-refractivity contribution in [1.82, 2.24) is 10.2 Å². The molecule has 0 amide bonds. The zero-order chi connectivity index (χ0) is 12.0. The second-order valence-corrected chi connectivity index (χ2v) is 5.26. The highest BCUT2D eigenvalue weighted by Gasteiger charge is 2.14. The Bertz CT molecular complexity index is 225. The molecule has 2 nitrogen and oxygen atoms in total. The predicted octanol–water partition coefficient (Wildman–Crippen LogP) is 2.81. The van der Waals surface area contributed by atoms with E-state index in [9.17, 15) is 0 Å². The molecule has 1 aliphatic rings. The van der Waals surface area contributed by atoms with Crippen LogP contribution in [-0.4, -0.2) is 37.1 Å². The van der Waals surface area contributed by atoms with Crippen molar-refractivity contribution in [3.05, 3.63) is 11.1 Å². The van der Waals surface area contributed by atoms with Gasteiger partial charge in [-0.05, 0) is 39.3 Å². The van der Waals surface area contributed by atoms with Gasteiger partial charge in [-0.15, -0.1) is 0 Å². The molecule has 0 aromatic carbocycles. The Morgan fingerprint density at radius 3 is 2.44 bits per heavy atom. The van der Waals surface area contributed by atoms with Crippen molar-refractivity contribution in [2.75, 3.05) is 26.2 Å². The lowest BCUT2D eigenvalue weighted by molar-refractivity contribution is 0.234. The van der Waals surface area contributed by atoms with Crippen LogP contribution in [-0.2, 0) is 0 Å². The predicted molar refractivity (Wildman–Crippen MR) is 71.8 cm³/mol. The number of unbranched alkanes of at least 4 members (excludes halogenated alkanes) is 2. The summed E-state index contributed by atoms with van der Waals surface area (Å²) in [5.41, 5.74) is 3.21. The SMILES string of the molecule is CCCCCN(CC(C)=C1CNC1)C(C)C. The minimum atomic E-state index is 0.667. The molecular weight excluding hydrogens is 196 g/mol. The van der Waals surface area contributed by atoms with Crippen LogP contribution in [0.15, 0.2) is 11.1 Å². The van der Waals surface area contributed by atoms with Crippen molar-refractivity contribution < 1.29 is 0 Å². The second kappa shape index (κ2) is 7.08. The van der Waals surface area contributed by atoms with Gasteiger partial charge in [0.15, 0.2) is 0 Å². The zero-order valence-corrected chi connectivity index (χ0v) is 11.5. The van der Waals surface area contributed by atoms with Crippen LogP contribution in [0.3, 0.4) is 0 Å². The van der Waals surface area contributed by atoms with Crippen LogP contribution in [0, 0.1) is 0 Å². The Morgan fingerprint density at radius 2 is 2.00 bits per heavy atom. The molecule has 0 aliphatic carbocycles. The molecule has 1 aliphatic heterocycles. The van der Waals surface area contributed by atoms with Gasteiger partial charge in [0.2, 0.25) is 0 Å². The lowest BCUT2D eigenvalue weighted by Gasteiger charge is -2.30. The second-order valence-electron chi connectivity index (χ2n) is 5.26. The van der Waals surface area contributed by atoms with Gasteiger partial charge in [0, 0.05) is 25.7 Å². The third-order valence-corrected chi connectivity index (χ3v) is 3.50. The van der Waals surface area contributed by atoms with Crippen LogP contribution >= 0.6 is 0 Å². The maximum atomic E-state index is 3.32. The Kier molecular flexibility index (Phi) is 6.07. The van der Waals surface area contributed by atoms with Crippen molar-refractivity contribution in [3.8, 4) is 0 Å². The third-order valence-electron chi connectivity index (χ3n) is 3.50. The van der Waals surface area contributed by atoms with E-state index in [-0.39, 0.29) is 0 Å². The molecule has 0 spiro atoms. The summed E-state index contributed by atoms with van der Waals surface area (Å²) in [7, 11) is 0. The first-order valence-corrected chi connectivity index (χ1v) is 6.77. The van der Waals surface area contributed by atoms with Crippen LogP contribution in [0.2, 0.25) is 0 Å². The van der Waals surface area contributed by atoms with Gasteiger partial charge in [0.1, 0.15) is 0 Å². The molecule has 2 heteroatoms. The average molecular weight is 224 g/mol. The molecule has 0 aromatic rings. The van der Waals surface area contributed by atoms with Gasteiger partial charge in [-0.3, -0.25) is 4.90 Å². The normalized spacial score (nSPS) is 15.8. The Morgan fingerprint density at radius 1 is 1.31 bits per heavy atom. The molecule has 0 atom stereocenters. The van der Waals surface area contributed by atoms with Crippen molar-refractivity contribution in [2.24, 2.45) is 0 Å². The highest BCUT2D eigenvalue weighted by molar-refractivity contribution is 5.22. The number of nitrogens with one attached hydrogen (secondary N) is 1. The first-order chi connectivity index (χ1) is 7.65. The summed E-state index contributed by atoms with van der Waals surface area (Å²) in [4.78, 5) is 2.61. The van der Waals surface area contributed by atoms with Gasteiger partial charge >= 0.3 is 0 Å². The van der Waals surface area contributed by atoms with Crippen LogP contribution < -0.4 is 5.32 Å². The molecule has 0 bridgehead atoms.